The van der Waals surface area contributed by atoms with Gasteiger partial charge in [0.1, 0.15) is 29.5 Å². The van der Waals surface area contributed by atoms with Crippen molar-refractivity contribution in [3.8, 4) is 17.0 Å². The smallest absolute Gasteiger partial charge is 0.444 e. The van der Waals surface area contributed by atoms with Crippen LogP contribution in [-0.2, 0) is 20.9 Å². The van der Waals surface area contributed by atoms with Crippen molar-refractivity contribution in [1.29, 1.82) is 0 Å². The van der Waals surface area contributed by atoms with Crippen molar-refractivity contribution in [2.24, 2.45) is 11.8 Å². The minimum absolute atomic E-state index is 0.0254. The Hall–Kier alpha value is -4.75. The van der Waals surface area contributed by atoms with Gasteiger partial charge in [0.25, 0.3) is 0 Å². The SMILES string of the molecule is CC(C)c1nc(-c2cc(NC(=O)OC(C)(C)C)cc(F)c2OC(F)(F)F)c(F)c2c1c(C1C3CN(C(=O)OC(C)(C)C)CC31)c(C(O)c1nccn1COCC[Si](C)(C)C)n2C1CC1. The Morgan fingerprint density at radius 3 is 2.19 bits per heavy atom. The molecule has 4 aromatic rings. The van der Waals surface area contributed by atoms with Gasteiger partial charge in [-0.1, -0.05) is 33.5 Å². The summed E-state index contributed by atoms with van der Waals surface area (Å²) in [5.74, 6) is -4.69. The fraction of sp³-hybridized carbons (Fsp3) is 0.600. The normalized spacial score (nSPS) is 19.6. The van der Waals surface area contributed by atoms with Gasteiger partial charge in [-0.05, 0) is 95.7 Å². The number of piperidine rings is 1. The quantitative estimate of drug-likeness (QED) is 0.0761. The molecule has 3 unspecified atom stereocenters. The van der Waals surface area contributed by atoms with Gasteiger partial charge in [0.15, 0.2) is 23.5 Å². The predicted octanol–water partition coefficient (Wildman–Crippen LogP) is 10.9. The molecule has 2 N–H and O–H groups in total. The van der Waals surface area contributed by atoms with E-state index < -0.39 is 78.5 Å². The molecule has 3 aliphatic rings. The van der Waals surface area contributed by atoms with Crippen molar-refractivity contribution < 1.29 is 55.6 Å². The first-order chi connectivity index (χ1) is 29.6. The number of aliphatic hydroxyl groups excluding tert-OH is 1. The van der Waals surface area contributed by atoms with Crippen molar-refractivity contribution in [1.82, 2.24) is 24.0 Å². The number of aliphatic hydroxyl groups is 1. The number of pyridine rings is 1. The summed E-state index contributed by atoms with van der Waals surface area (Å²) in [6, 6.07) is 2.17. The van der Waals surface area contributed by atoms with Crippen LogP contribution in [0.25, 0.3) is 22.2 Å². The van der Waals surface area contributed by atoms with Crippen LogP contribution < -0.4 is 10.1 Å². The molecule has 3 fully saturated rings. The van der Waals surface area contributed by atoms with Crippen molar-refractivity contribution in [2.75, 3.05) is 25.0 Å². The summed E-state index contributed by atoms with van der Waals surface area (Å²) in [5.41, 5.74) is -2.17. The highest BCUT2D eigenvalue weighted by Gasteiger charge is 2.60. The first-order valence-corrected chi connectivity index (χ1v) is 25.4. The van der Waals surface area contributed by atoms with Crippen LogP contribution >= 0.6 is 0 Å². The number of imidazole rings is 1. The Labute approximate surface area is 370 Å². The number of fused-ring (bicyclic) bond motifs is 2. The van der Waals surface area contributed by atoms with E-state index in [-0.39, 0.29) is 53.2 Å². The Kier molecular flexibility index (Phi) is 12.5. The van der Waals surface area contributed by atoms with Crippen LogP contribution in [0.4, 0.5) is 37.2 Å². The van der Waals surface area contributed by atoms with Gasteiger partial charge in [-0.15, -0.1) is 13.2 Å². The number of halogens is 5. The number of likely N-dealkylation sites (tertiary alicyclic amines) is 1. The molecule has 13 nitrogen and oxygen atoms in total. The number of alkyl halides is 3. The van der Waals surface area contributed by atoms with Gasteiger partial charge < -0.3 is 38.1 Å². The third-order valence-electron chi connectivity index (χ3n) is 11.5. The monoisotopic (exact) mass is 918 g/mol. The van der Waals surface area contributed by atoms with E-state index in [1.807, 2.05) is 0 Å². The zero-order valence-electron chi connectivity index (χ0n) is 38.2. The molecule has 2 amide bonds. The highest BCUT2D eigenvalue weighted by molar-refractivity contribution is 6.76. The lowest BCUT2D eigenvalue weighted by molar-refractivity contribution is -0.275. The number of nitrogens with one attached hydrogen (secondary N) is 1. The van der Waals surface area contributed by atoms with Gasteiger partial charge in [0.05, 0.1) is 22.5 Å². The molecule has 2 saturated carbocycles. The first-order valence-electron chi connectivity index (χ1n) is 21.7. The fourth-order valence-electron chi connectivity index (χ4n) is 8.62. The maximum Gasteiger partial charge on any atom is 0.573 e. The summed E-state index contributed by atoms with van der Waals surface area (Å²) in [5, 5.41) is 15.4. The number of benzene rings is 1. The lowest BCUT2D eigenvalue weighted by Crippen LogP contribution is -2.37. The largest absolute Gasteiger partial charge is 0.573 e. The van der Waals surface area contributed by atoms with Crippen LogP contribution in [0.5, 0.6) is 5.75 Å². The maximum atomic E-state index is 18.0. The van der Waals surface area contributed by atoms with E-state index >= 15 is 8.78 Å². The molecular weight excluding hydrogens is 860 g/mol. The van der Waals surface area contributed by atoms with E-state index in [0.29, 0.717) is 55.2 Å². The van der Waals surface area contributed by atoms with Crippen molar-refractivity contribution in [3.63, 3.8) is 0 Å². The lowest BCUT2D eigenvalue weighted by Gasteiger charge is -2.26. The second-order valence-corrected chi connectivity index (χ2v) is 26.3. The van der Waals surface area contributed by atoms with Gasteiger partial charge in [-0.25, -0.2) is 28.3 Å². The van der Waals surface area contributed by atoms with E-state index in [1.165, 1.54) is 0 Å². The summed E-state index contributed by atoms with van der Waals surface area (Å²) < 4.78 is 101. The third kappa shape index (κ3) is 10.2. The molecule has 0 spiro atoms. The topological polar surface area (TPSA) is 142 Å². The maximum absolute atomic E-state index is 18.0. The van der Waals surface area contributed by atoms with E-state index in [2.05, 4.69) is 34.7 Å². The molecule has 4 heterocycles. The average Bonchev–Trinajstić information content (AvgIpc) is 3.92. The summed E-state index contributed by atoms with van der Waals surface area (Å²) in [4.78, 5) is 36.9. The van der Waals surface area contributed by atoms with Gasteiger partial charge in [-0.3, -0.25) is 5.32 Å². The van der Waals surface area contributed by atoms with Crippen LogP contribution in [0, 0.1) is 23.5 Å². The number of ether oxygens (including phenoxy) is 4. The van der Waals surface area contributed by atoms with Crippen LogP contribution in [0.3, 0.4) is 0 Å². The molecule has 350 valence electrons. The zero-order chi connectivity index (χ0) is 47.0. The Bertz CT molecular complexity index is 2420. The number of amides is 2. The lowest BCUT2D eigenvalue weighted by atomic mass is 9.94. The summed E-state index contributed by atoms with van der Waals surface area (Å²) in [6.07, 6.45) is -3.88. The number of carbonyl (C=O) groups excluding carboxylic acids is 2. The standard InChI is InChI=1S/C45H59F5N6O7Si/c1-23(2)34-32-31(30-27-20-55(21-28(27)30)42(59)63-44(6,7)8)37(38(57)40-51-14-15-54(40)22-60-16-17-64(9,10)11)56(25-12-13-25)36(32)33(47)35(53-34)26-18-24(52-41(58)62-43(3,4)5)19-29(46)39(26)61-45(48,49)50/h14-15,18-19,23,25,27-28,30,38,57H,12-13,16-17,20-22H2,1-11H3,(H,52,58). The number of nitrogens with zero attached hydrogens (tertiary/aromatic N) is 5. The van der Waals surface area contributed by atoms with Gasteiger partial charge in [-0.2, -0.15) is 0 Å². The number of hydrogen-bond acceptors (Lipinski definition) is 9. The predicted molar refractivity (Wildman–Crippen MR) is 232 cm³/mol. The molecule has 7 rings (SSSR count). The van der Waals surface area contributed by atoms with Gasteiger partial charge in [0.2, 0.25) is 0 Å². The Morgan fingerprint density at radius 1 is 0.984 bits per heavy atom. The van der Waals surface area contributed by atoms with Crippen LogP contribution in [0.2, 0.25) is 25.7 Å². The molecule has 0 bridgehead atoms. The first kappa shape index (κ1) is 47.2. The van der Waals surface area contributed by atoms with Gasteiger partial charge in [0, 0.05) is 63.3 Å². The number of rotatable bonds is 13. The molecule has 0 radical (unpaired) electrons. The number of aromatic nitrogens is 4. The summed E-state index contributed by atoms with van der Waals surface area (Å²) in [6.45, 7) is 21.7. The van der Waals surface area contributed by atoms with Crippen LogP contribution in [0.1, 0.15) is 115 Å². The van der Waals surface area contributed by atoms with Crippen molar-refractivity contribution in [2.45, 2.75) is 142 Å². The number of carbonyl (C=O) groups is 2. The Morgan fingerprint density at radius 2 is 1.62 bits per heavy atom. The molecule has 1 saturated heterocycles. The van der Waals surface area contributed by atoms with Gasteiger partial charge >= 0.3 is 18.5 Å². The molecule has 19 heteroatoms. The highest BCUT2D eigenvalue weighted by Crippen LogP contribution is 2.63. The molecule has 3 aromatic heterocycles. The highest BCUT2D eigenvalue weighted by atomic mass is 28.3. The van der Waals surface area contributed by atoms with E-state index in [9.17, 15) is 27.9 Å². The van der Waals surface area contributed by atoms with E-state index in [4.69, 9.17) is 19.2 Å². The number of hydrogen-bond donors (Lipinski definition) is 2. The molecule has 64 heavy (non-hydrogen) atoms. The zero-order valence-corrected chi connectivity index (χ0v) is 39.2. The molecule has 1 aliphatic heterocycles. The minimum Gasteiger partial charge on any atom is -0.444 e. The van der Waals surface area contributed by atoms with E-state index in [0.717, 1.165) is 12.1 Å². The van der Waals surface area contributed by atoms with Crippen LogP contribution in [-0.4, -0.2) is 86.6 Å². The molecule has 2 aliphatic carbocycles. The minimum atomic E-state index is -5.40. The molecule has 3 atom stereocenters. The second kappa shape index (κ2) is 16.9. The van der Waals surface area contributed by atoms with Crippen molar-refractivity contribution >= 4 is 36.9 Å². The average molecular weight is 919 g/mol. The number of anilines is 1. The molecule has 1 aromatic carbocycles. The molecular formula is C45H59F5N6O7Si. The Balaban J connectivity index is 1.44. The summed E-state index contributed by atoms with van der Waals surface area (Å²) >= 11 is 0. The van der Waals surface area contributed by atoms with E-state index in [1.54, 1.807) is 81.8 Å². The fourth-order valence-corrected chi connectivity index (χ4v) is 9.37. The summed E-state index contributed by atoms with van der Waals surface area (Å²) in [7, 11) is -1.42. The third-order valence-corrected chi connectivity index (χ3v) is 13.2. The van der Waals surface area contributed by atoms with Crippen molar-refractivity contribution in [3.05, 3.63) is 58.9 Å². The van der Waals surface area contributed by atoms with Crippen LogP contribution in [0.15, 0.2) is 24.5 Å². The second-order valence-electron chi connectivity index (χ2n) is 20.7.